The highest BCUT2D eigenvalue weighted by Crippen LogP contribution is 2.14. The van der Waals surface area contributed by atoms with Crippen LogP contribution in [0.15, 0.2) is 36.4 Å². The SMILES string of the molecule is C=C(C)C[NH+](CC)CCC(=O)Nc1cccc(Cl)c1. The highest BCUT2D eigenvalue weighted by Gasteiger charge is 2.10. The first-order valence-corrected chi connectivity index (χ1v) is 6.92. The molecule has 0 aromatic heterocycles. The van der Waals surface area contributed by atoms with E-state index in [9.17, 15) is 4.79 Å². The highest BCUT2D eigenvalue weighted by molar-refractivity contribution is 6.30. The monoisotopic (exact) mass is 281 g/mol. The predicted molar refractivity (Wildman–Crippen MR) is 80.8 cm³/mol. The maximum atomic E-state index is 11.8. The largest absolute Gasteiger partial charge is 0.331 e. The van der Waals surface area contributed by atoms with E-state index in [1.54, 1.807) is 12.1 Å². The zero-order valence-electron chi connectivity index (χ0n) is 11.6. The normalized spacial score (nSPS) is 11.9. The molecule has 19 heavy (non-hydrogen) atoms. The van der Waals surface area contributed by atoms with E-state index in [1.807, 2.05) is 19.1 Å². The molecule has 1 rings (SSSR count). The number of quaternary nitrogens is 1. The van der Waals surface area contributed by atoms with Gasteiger partial charge in [-0.1, -0.05) is 24.2 Å². The number of carbonyl (C=O) groups excluding carboxylic acids is 1. The van der Waals surface area contributed by atoms with Crippen molar-refractivity contribution >= 4 is 23.2 Å². The number of hydrogen-bond donors (Lipinski definition) is 2. The molecule has 0 fully saturated rings. The molecule has 0 spiro atoms. The number of nitrogens with one attached hydrogen (secondary N) is 2. The summed E-state index contributed by atoms with van der Waals surface area (Å²) in [5.74, 6) is 0.0231. The van der Waals surface area contributed by atoms with Gasteiger partial charge in [-0.05, 0) is 37.6 Å². The Morgan fingerprint density at radius 1 is 1.47 bits per heavy atom. The number of anilines is 1. The van der Waals surface area contributed by atoms with Gasteiger partial charge in [-0.15, -0.1) is 0 Å². The van der Waals surface area contributed by atoms with Crippen LogP contribution in [0.4, 0.5) is 5.69 Å². The fourth-order valence-electron chi connectivity index (χ4n) is 1.90. The fourth-order valence-corrected chi connectivity index (χ4v) is 2.09. The fraction of sp³-hybridized carbons (Fsp3) is 0.400. The van der Waals surface area contributed by atoms with Gasteiger partial charge < -0.3 is 10.2 Å². The molecular weight excluding hydrogens is 260 g/mol. The van der Waals surface area contributed by atoms with Crippen molar-refractivity contribution < 1.29 is 9.69 Å². The number of rotatable bonds is 7. The van der Waals surface area contributed by atoms with Crippen molar-refractivity contribution in [3.05, 3.63) is 41.4 Å². The molecule has 0 heterocycles. The van der Waals surface area contributed by atoms with Crippen LogP contribution in [0, 0.1) is 0 Å². The summed E-state index contributed by atoms with van der Waals surface area (Å²) in [4.78, 5) is 13.2. The smallest absolute Gasteiger partial charge is 0.230 e. The minimum atomic E-state index is 0.0231. The Kier molecular flexibility index (Phi) is 6.60. The standard InChI is InChI=1S/C15H21ClN2O/c1-4-18(11-12(2)3)9-8-15(19)17-14-7-5-6-13(16)10-14/h5-7,10H,2,4,8-9,11H2,1,3H3,(H,17,19)/p+1. The van der Waals surface area contributed by atoms with Crippen molar-refractivity contribution in [3.8, 4) is 0 Å². The van der Waals surface area contributed by atoms with Gasteiger partial charge in [0.1, 0.15) is 0 Å². The van der Waals surface area contributed by atoms with E-state index in [4.69, 9.17) is 11.6 Å². The summed E-state index contributed by atoms with van der Waals surface area (Å²) < 4.78 is 0. The van der Waals surface area contributed by atoms with Gasteiger partial charge in [0.15, 0.2) is 0 Å². The van der Waals surface area contributed by atoms with E-state index < -0.39 is 0 Å². The number of benzene rings is 1. The first-order chi connectivity index (χ1) is 9.01. The Hall–Kier alpha value is -1.32. The van der Waals surface area contributed by atoms with Crippen molar-refractivity contribution in [2.45, 2.75) is 20.3 Å². The lowest BCUT2D eigenvalue weighted by atomic mass is 10.2. The second-order valence-corrected chi connectivity index (χ2v) is 5.23. The van der Waals surface area contributed by atoms with Crippen molar-refractivity contribution in [2.24, 2.45) is 0 Å². The van der Waals surface area contributed by atoms with Crippen LogP contribution in [0.3, 0.4) is 0 Å². The van der Waals surface area contributed by atoms with Gasteiger partial charge in [0.05, 0.1) is 26.1 Å². The van der Waals surface area contributed by atoms with E-state index in [1.165, 1.54) is 4.90 Å². The van der Waals surface area contributed by atoms with Gasteiger partial charge in [-0.3, -0.25) is 4.79 Å². The molecule has 0 radical (unpaired) electrons. The molecule has 0 aliphatic carbocycles. The number of likely N-dealkylation sites (N-methyl/N-ethyl adjacent to an activating group) is 1. The number of amides is 1. The van der Waals surface area contributed by atoms with Gasteiger partial charge in [0.2, 0.25) is 5.91 Å². The Morgan fingerprint density at radius 3 is 2.79 bits per heavy atom. The summed E-state index contributed by atoms with van der Waals surface area (Å²) in [6.07, 6.45) is 0.503. The second-order valence-electron chi connectivity index (χ2n) is 4.80. The predicted octanol–water partition coefficient (Wildman–Crippen LogP) is 2.15. The van der Waals surface area contributed by atoms with E-state index >= 15 is 0 Å². The summed E-state index contributed by atoms with van der Waals surface area (Å²) in [6, 6.07) is 7.19. The van der Waals surface area contributed by atoms with Crippen molar-refractivity contribution in [1.29, 1.82) is 0 Å². The van der Waals surface area contributed by atoms with E-state index in [-0.39, 0.29) is 5.91 Å². The van der Waals surface area contributed by atoms with Crippen LogP contribution in [0.1, 0.15) is 20.3 Å². The maximum absolute atomic E-state index is 11.8. The first kappa shape index (κ1) is 15.7. The van der Waals surface area contributed by atoms with E-state index in [2.05, 4.69) is 18.8 Å². The average molecular weight is 282 g/mol. The zero-order chi connectivity index (χ0) is 14.3. The van der Waals surface area contributed by atoms with Crippen LogP contribution in [0.2, 0.25) is 5.02 Å². The third-order valence-electron chi connectivity index (χ3n) is 2.87. The molecule has 1 atom stereocenters. The van der Waals surface area contributed by atoms with Crippen LogP contribution in [-0.2, 0) is 4.79 Å². The highest BCUT2D eigenvalue weighted by atomic mass is 35.5. The van der Waals surface area contributed by atoms with Gasteiger partial charge in [0, 0.05) is 10.7 Å². The van der Waals surface area contributed by atoms with E-state index in [0.29, 0.717) is 11.4 Å². The van der Waals surface area contributed by atoms with Crippen LogP contribution in [0.5, 0.6) is 0 Å². The summed E-state index contributed by atoms with van der Waals surface area (Å²) in [6.45, 7) is 10.8. The number of halogens is 1. The molecule has 1 aromatic carbocycles. The van der Waals surface area contributed by atoms with Gasteiger partial charge >= 0.3 is 0 Å². The molecule has 3 nitrogen and oxygen atoms in total. The van der Waals surface area contributed by atoms with Crippen LogP contribution in [-0.4, -0.2) is 25.5 Å². The van der Waals surface area contributed by atoms with Crippen molar-refractivity contribution in [3.63, 3.8) is 0 Å². The summed E-state index contributed by atoms with van der Waals surface area (Å²) in [5.41, 5.74) is 1.89. The molecule has 0 bridgehead atoms. The Labute approximate surface area is 120 Å². The lowest BCUT2D eigenvalue weighted by molar-refractivity contribution is -0.892. The molecule has 4 heteroatoms. The Balaban J connectivity index is 2.40. The van der Waals surface area contributed by atoms with Crippen LogP contribution < -0.4 is 10.2 Å². The molecule has 104 valence electrons. The summed E-state index contributed by atoms with van der Waals surface area (Å²) in [5, 5.41) is 3.48. The Bertz CT molecular complexity index is 446. The molecule has 0 saturated carbocycles. The van der Waals surface area contributed by atoms with E-state index in [0.717, 1.165) is 30.9 Å². The molecule has 0 aliphatic rings. The summed E-state index contributed by atoms with van der Waals surface area (Å²) >= 11 is 5.87. The van der Waals surface area contributed by atoms with Gasteiger partial charge in [-0.2, -0.15) is 0 Å². The molecule has 1 aromatic rings. The number of hydrogen-bond acceptors (Lipinski definition) is 1. The molecule has 1 amide bonds. The molecular formula is C15H22ClN2O+. The first-order valence-electron chi connectivity index (χ1n) is 6.54. The molecule has 0 aliphatic heterocycles. The average Bonchev–Trinajstić information content (AvgIpc) is 2.34. The minimum Gasteiger partial charge on any atom is -0.331 e. The van der Waals surface area contributed by atoms with Gasteiger partial charge in [0.25, 0.3) is 0 Å². The lowest BCUT2D eigenvalue weighted by Crippen LogP contribution is -3.12. The quantitative estimate of drug-likeness (QED) is 0.738. The maximum Gasteiger partial charge on any atom is 0.230 e. The molecule has 2 N–H and O–H groups in total. The topological polar surface area (TPSA) is 33.5 Å². The van der Waals surface area contributed by atoms with Gasteiger partial charge in [-0.25, -0.2) is 0 Å². The Morgan fingerprint density at radius 2 is 2.21 bits per heavy atom. The van der Waals surface area contributed by atoms with Crippen molar-refractivity contribution in [1.82, 2.24) is 0 Å². The van der Waals surface area contributed by atoms with Crippen LogP contribution >= 0.6 is 11.6 Å². The molecule has 0 saturated heterocycles. The minimum absolute atomic E-state index is 0.0231. The number of carbonyl (C=O) groups is 1. The summed E-state index contributed by atoms with van der Waals surface area (Å²) in [7, 11) is 0. The third-order valence-corrected chi connectivity index (χ3v) is 3.10. The van der Waals surface area contributed by atoms with Crippen molar-refractivity contribution in [2.75, 3.05) is 25.0 Å². The zero-order valence-corrected chi connectivity index (χ0v) is 12.4. The lowest BCUT2D eigenvalue weighted by Gasteiger charge is -2.17. The third kappa shape index (κ3) is 6.41. The molecule has 1 unspecified atom stereocenters. The van der Waals surface area contributed by atoms with Crippen LogP contribution in [0.25, 0.3) is 0 Å². The second kappa shape index (κ2) is 7.97.